The summed E-state index contributed by atoms with van der Waals surface area (Å²) in [5, 5.41) is 33.0. The van der Waals surface area contributed by atoms with Gasteiger partial charge in [-0.2, -0.15) is 0 Å². The van der Waals surface area contributed by atoms with Crippen LogP contribution in [-0.4, -0.2) is 81.7 Å². The summed E-state index contributed by atoms with van der Waals surface area (Å²) >= 11 is 0. The van der Waals surface area contributed by atoms with Gasteiger partial charge in [0.2, 0.25) is 0 Å². The van der Waals surface area contributed by atoms with Gasteiger partial charge in [0.25, 0.3) is 0 Å². The maximum absolute atomic E-state index is 13.8. The molecular formula is C24H27F3N4O6. The first-order chi connectivity index (χ1) is 17.8. The average Bonchev–Trinajstić information content (AvgIpc) is 3.53. The Bertz CT molecular complexity index is 1220. The summed E-state index contributed by atoms with van der Waals surface area (Å²) in [4.78, 5) is 0. The Balaban J connectivity index is 1.42. The highest BCUT2D eigenvalue weighted by molar-refractivity contribution is 5.57. The fraction of sp³-hybridized carbons (Fsp3) is 0.542. The summed E-state index contributed by atoms with van der Waals surface area (Å²) in [6, 6.07) is 2.57. The Morgan fingerprint density at radius 2 is 1.89 bits per heavy atom. The molecule has 4 heterocycles. The van der Waals surface area contributed by atoms with Crippen molar-refractivity contribution in [2.75, 3.05) is 26.9 Å². The van der Waals surface area contributed by atoms with Crippen molar-refractivity contribution >= 4 is 0 Å². The molecule has 0 bridgehead atoms. The second-order valence-corrected chi connectivity index (χ2v) is 9.42. The summed E-state index contributed by atoms with van der Waals surface area (Å²) in [6.45, 7) is 2.69. The molecule has 1 aromatic carbocycles. The molecule has 0 aliphatic carbocycles. The van der Waals surface area contributed by atoms with Crippen molar-refractivity contribution in [3.63, 3.8) is 0 Å². The molecule has 200 valence electrons. The van der Waals surface area contributed by atoms with E-state index in [9.17, 15) is 23.4 Å². The average molecular weight is 524 g/mol. The monoisotopic (exact) mass is 524 g/mol. The van der Waals surface area contributed by atoms with Gasteiger partial charge in [-0.15, -0.1) is 5.10 Å². The fourth-order valence-electron chi connectivity index (χ4n) is 4.93. The van der Waals surface area contributed by atoms with E-state index >= 15 is 0 Å². The van der Waals surface area contributed by atoms with E-state index in [0.29, 0.717) is 19.0 Å². The molecule has 0 spiro atoms. The van der Waals surface area contributed by atoms with Crippen LogP contribution in [0, 0.1) is 17.5 Å². The fourth-order valence-corrected chi connectivity index (χ4v) is 4.93. The zero-order valence-electron chi connectivity index (χ0n) is 20.2. The number of aromatic nitrogens is 4. The van der Waals surface area contributed by atoms with Crippen LogP contribution in [0.15, 0.2) is 28.9 Å². The van der Waals surface area contributed by atoms with Crippen molar-refractivity contribution in [1.82, 2.24) is 20.2 Å². The molecule has 37 heavy (non-hydrogen) atoms. The third-order valence-electron chi connectivity index (χ3n) is 7.27. The van der Waals surface area contributed by atoms with Crippen LogP contribution >= 0.6 is 0 Å². The van der Waals surface area contributed by atoms with Gasteiger partial charge in [-0.1, -0.05) is 17.3 Å². The van der Waals surface area contributed by atoms with Crippen molar-refractivity contribution in [3.05, 3.63) is 53.3 Å². The number of hydrogen-bond donors (Lipinski definition) is 2. The molecule has 2 aliphatic heterocycles. The van der Waals surface area contributed by atoms with E-state index in [1.807, 2.05) is 6.07 Å². The predicted octanol–water partition coefficient (Wildman–Crippen LogP) is 1.95. The maximum atomic E-state index is 13.8. The standard InChI is InChI=1S/C24H27F3N4O6/c1-3-24(10-35-11-24)19-7-13(37-29-19)6-17-23(34-2)21(22(33)18(9-32)36-17)31-8-16(28-30-31)12-4-14(25)20(27)15(26)5-12/h4-5,7-8,17-18,21-23,32-33H,3,6,9-11H2,1-2H3/t17-,18-,21+,22+,23+/m1/s1. The molecule has 0 saturated carbocycles. The largest absolute Gasteiger partial charge is 0.394 e. The van der Waals surface area contributed by atoms with E-state index < -0.39 is 54.5 Å². The molecule has 5 atom stereocenters. The van der Waals surface area contributed by atoms with Crippen LogP contribution in [0.1, 0.15) is 30.8 Å². The van der Waals surface area contributed by atoms with Crippen molar-refractivity contribution in [2.45, 2.75) is 55.6 Å². The van der Waals surface area contributed by atoms with Crippen LogP contribution in [0.2, 0.25) is 0 Å². The van der Waals surface area contributed by atoms with E-state index in [4.69, 9.17) is 18.7 Å². The number of hydrogen-bond acceptors (Lipinski definition) is 9. The van der Waals surface area contributed by atoms with E-state index in [0.717, 1.165) is 24.2 Å². The highest BCUT2D eigenvalue weighted by Crippen LogP contribution is 2.37. The number of methoxy groups -OCH3 is 1. The number of aliphatic hydroxyl groups is 2. The van der Waals surface area contributed by atoms with Crippen LogP contribution in [0.25, 0.3) is 11.3 Å². The van der Waals surface area contributed by atoms with Crippen molar-refractivity contribution in [1.29, 1.82) is 0 Å². The number of aliphatic hydroxyl groups excluding tert-OH is 2. The van der Waals surface area contributed by atoms with Crippen molar-refractivity contribution in [2.24, 2.45) is 0 Å². The Kier molecular flexibility index (Phi) is 7.07. The summed E-state index contributed by atoms with van der Waals surface area (Å²) < 4.78 is 64.8. The number of halogens is 3. The lowest BCUT2D eigenvalue weighted by molar-refractivity contribution is -0.212. The Morgan fingerprint density at radius 3 is 2.49 bits per heavy atom. The molecule has 0 radical (unpaired) electrons. The van der Waals surface area contributed by atoms with Gasteiger partial charge < -0.3 is 28.9 Å². The minimum absolute atomic E-state index is 0.0348. The van der Waals surface area contributed by atoms with Gasteiger partial charge in [-0.25, -0.2) is 17.9 Å². The lowest BCUT2D eigenvalue weighted by Crippen LogP contribution is -2.57. The number of benzene rings is 1. The van der Waals surface area contributed by atoms with Gasteiger partial charge in [0, 0.05) is 25.2 Å². The lowest BCUT2D eigenvalue weighted by Gasteiger charge is -2.43. The highest BCUT2D eigenvalue weighted by atomic mass is 19.2. The first-order valence-corrected chi connectivity index (χ1v) is 11.9. The summed E-state index contributed by atoms with van der Waals surface area (Å²) in [5.74, 6) is -3.79. The Labute approximate surface area is 209 Å². The van der Waals surface area contributed by atoms with Crippen molar-refractivity contribution in [3.8, 4) is 11.3 Å². The Morgan fingerprint density at radius 1 is 1.16 bits per heavy atom. The van der Waals surface area contributed by atoms with Gasteiger partial charge in [0.1, 0.15) is 35.8 Å². The summed E-state index contributed by atoms with van der Waals surface area (Å²) in [6.07, 6.45) is -1.28. The third-order valence-corrected chi connectivity index (χ3v) is 7.27. The van der Waals surface area contributed by atoms with Gasteiger partial charge in [0.05, 0.1) is 43.2 Å². The molecule has 10 nitrogen and oxygen atoms in total. The van der Waals surface area contributed by atoms with E-state index in [1.165, 1.54) is 18.0 Å². The normalized spacial score (nSPS) is 27.3. The molecule has 5 rings (SSSR count). The molecule has 2 fully saturated rings. The van der Waals surface area contributed by atoms with Gasteiger partial charge >= 0.3 is 0 Å². The van der Waals surface area contributed by atoms with Crippen LogP contribution in [-0.2, 0) is 26.0 Å². The van der Waals surface area contributed by atoms with Crippen LogP contribution in [0.5, 0.6) is 0 Å². The van der Waals surface area contributed by atoms with Crippen LogP contribution in [0.4, 0.5) is 13.2 Å². The number of nitrogens with zero attached hydrogens (tertiary/aromatic N) is 4. The second-order valence-electron chi connectivity index (χ2n) is 9.42. The zero-order chi connectivity index (χ0) is 26.3. The number of rotatable bonds is 8. The molecule has 3 aromatic rings. The quantitative estimate of drug-likeness (QED) is 0.426. The molecule has 13 heteroatoms. The summed E-state index contributed by atoms with van der Waals surface area (Å²) in [5.41, 5.74) is 0.623. The predicted molar refractivity (Wildman–Crippen MR) is 120 cm³/mol. The smallest absolute Gasteiger partial charge is 0.194 e. The molecule has 0 unspecified atom stereocenters. The second kappa shape index (κ2) is 10.1. The van der Waals surface area contributed by atoms with Gasteiger partial charge in [0.15, 0.2) is 17.5 Å². The van der Waals surface area contributed by atoms with E-state index in [2.05, 4.69) is 22.4 Å². The minimum Gasteiger partial charge on any atom is -0.394 e. The third kappa shape index (κ3) is 4.55. The molecular weight excluding hydrogens is 497 g/mol. The van der Waals surface area contributed by atoms with E-state index in [-0.39, 0.29) is 23.1 Å². The van der Waals surface area contributed by atoms with Crippen LogP contribution in [0.3, 0.4) is 0 Å². The molecule has 2 aromatic heterocycles. The first-order valence-electron chi connectivity index (χ1n) is 11.9. The topological polar surface area (TPSA) is 125 Å². The number of ether oxygens (including phenoxy) is 3. The zero-order valence-corrected chi connectivity index (χ0v) is 20.2. The molecule has 2 N–H and O–H groups in total. The maximum Gasteiger partial charge on any atom is 0.194 e. The summed E-state index contributed by atoms with van der Waals surface area (Å²) in [7, 11) is 1.44. The van der Waals surface area contributed by atoms with Gasteiger partial charge in [-0.3, -0.25) is 0 Å². The molecule has 0 amide bonds. The Hall–Kier alpha value is -2.84. The van der Waals surface area contributed by atoms with Gasteiger partial charge in [-0.05, 0) is 18.6 Å². The van der Waals surface area contributed by atoms with Crippen LogP contribution < -0.4 is 0 Å². The molecule has 2 saturated heterocycles. The lowest BCUT2D eigenvalue weighted by atomic mass is 9.80. The first kappa shape index (κ1) is 25.8. The van der Waals surface area contributed by atoms with E-state index in [1.54, 1.807) is 0 Å². The SMILES string of the molecule is CCC1(c2cc(C[C@H]3O[C@H](CO)[C@H](O)[C@H](n4cc(-c5cc(F)c(F)c(F)c5)nn4)[C@H]3OC)on2)COC1. The van der Waals surface area contributed by atoms with Crippen molar-refractivity contribution < 1.29 is 42.1 Å². The highest BCUT2D eigenvalue weighted by Gasteiger charge is 2.48. The minimum atomic E-state index is -1.59. The molecule has 2 aliphatic rings.